The van der Waals surface area contributed by atoms with E-state index in [0.717, 1.165) is 43.0 Å². The zero-order chi connectivity index (χ0) is 11.0. The number of piperazine rings is 1. The Morgan fingerprint density at radius 2 is 1.89 bits per heavy atom. The molecule has 3 heterocycles. The highest BCUT2D eigenvalue weighted by Gasteiger charge is 2.16. The van der Waals surface area contributed by atoms with Crippen molar-refractivity contribution in [2.45, 2.75) is 0 Å². The van der Waals surface area contributed by atoms with Crippen LogP contribution in [0, 0.1) is 0 Å². The van der Waals surface area contributed by atoms with Gasteiger partial charge in [-0.3, -0.25) is 0 Å². The molecule has 2 aromatic rings. The van der Waals surface area contributed by atoms with Crippen molar-refractivity contribution < 1.29 is 0 Å². The van der Waals surface area contributed by atoms with Crippen LogP contribution in [0.2, 0.25) is 0 Å². The first-order valence-electron chi connectivity index (χ1n) is 5.58. The van der Waals surface area contributed by atoms with Gasteiger partial charge in [0.15, 0.2) is 5.82 Å². The Hall–Kier alpha value is -1.04. The SMILES string of the molecule is Cl.Cl.Cn1cnc2c(N3CCNCC3)nccc21. The average Bonchev–Trinajstić information content (AvgIpc) is 2.73. The summed E-state index contributed by atoms with van der Waals surface area (Å²) in [5.41, 5.74) is 2.15. The van der Waals surface area contributed by atoms with Crippen LogP contribution in [0.1, 0.15) is 0 Å². The minimum Gasteiger partial charge on any atom is -0.352 e. The minimum atomic E-state index is 0. The summed E-state index contributed by atoms with van der Waals surface area (Å²) in [5.74, 6) is 1.01. The van der Waals surface area contributed by atoms with E-state index in [9.17, 15) is 0 Å². The van der Waals surface area contributed by atoms with Crippen LogP contribution in [0.5, 0.6) is 0 Å². The Labute approximate surface area is 118 Å². The number of imidazole rings is 1. The standard InChI is InChI=1S/C11H15N5.2ClH/c1-15-8-14-10-9(15)2-3-13-11(10)16-6-4-12-5-7-16;;/h2-3,8,12H,4-7H2,1H3;2*1H. The van der Waals surface area contributed by atoms with Crippen LogP contribution in [0.25, 0.3) is 11.0 Å². The van der Waals surface area contributed by atoms with Gasteiger partial charge >= 0.3 is 0 Å². The fourth-order valence-corrected chi connectivity index (χ4v) is 2.16. The fourth-order valence-electron chi connectivity index (χ4n) is 2.16. The summed E-state index contributed by atoms with van der Waals surface area (Å²) >= 11 is 0. The van der Waals surface area contributed by atoms with Crippen LogP contribution in [0.15, 0.2) is 18.6 Å². The molecule has 5 nitrogen and oxygen atoms in total. The summed E-state index contributed by atoms with van der Waals surface area (Å²) < 4.78 is 2.03. The van der Waals surface area contributed by atoms with Crippen molar-refractivity contribution in [3.8, 4) is 0 Å². The molecule has 0 amide bonds. The minimum absolute atomic E-state index is 0. The first-order valence-corrected chi connectivity index (χ1v) is 5.58. The molecule has 0 spiro atoms. The van der Waals surface area contributed by atoms with E-state index in [1.807, 2.05) is 30.2 Å². The van der Waals surface area contributed by atoms with E-state index in [2.05, 4.69) is 20.2 Å². The predicted molar refractivity (Wildman–Crippen MR) is 78.1 cm³/mol. The normalized spacial score (nSPS) is 15.1. The lowest BCUT2D eigenvalue weighted by Crippen LogP contribution is -2.44. The third-order valence-electron chi connectivity index (χ3n) is 3.04. The number of aryl methyl sites for hydroxylation is 1. The first-order chi connectivity index (χ1) is 7.86. The van der Waals surface area contributed by atoms with Gasteiger partial charge in [0.05, 0.1) is 11.8 Å². The predicted octanol–water partition coefficient (Wildman–Crippen LogP) is 1.22. The lowest BCUT2D eigenvalue weighted by atomic mass is 10.3. The van der Waals surface area contributed by atoms with E-state index in [0.29, 0.717) is 0 Å². The molecule has 1 aliphatic heterocycles. The van der Waals surface area contributed by atoms with Crippen LogP contribution in [-0.4, -0.2) is 40.7 Å². The molecule has 1 saturated heterocycles. The van der Waals surface area contributed by atoms with Crippen LogP contribution < -0.4 is 10.2 Å². The highest BCUT2D eigenvalue weighted by molar-refractivity contribution is 5.86. The second-order valence-corrected chi connectivity index (χ2v) is 4.09. The smallest absolute Gasteiger partial charge is 0.156 e. The molecular formula is C11H17Cl2N5. The molecule has 3 rings (SSSR count). The summed E-state index contributed by atoms with van der Waals surface area (Å²) in [6.07, 6.45) is 3.71. The van der Waals surface area contributed by atoms with E-state index in [1.165, 1.54) is 0 Å². The van der Waals surface area contributed by atoms with Gasteiger partial charge < -0.3 is 14.8 Å². The molecule has 0 saturated carbocycles. The molecule has 1 fully saturated rings. The zero-order valence-electron chi connectivity index (χ0n) is 10.2. The first kappa shape index (κ1) is 15.0. The molecule has 0 bridgehead atoms. The topological polar surface area (TPSA) is 46.0 Å². The van der Waals surface area contributed by atoms with Gasteiger partial charge in [0.2, 0.25) is 0 Å². The van der Waals surface area contributed by atoms with Gasteiger partial charge in [-0.05, 0) is 6.07 Å². The monoisotopic (exact) mass is 289 g/mol. The van der Waals surface area contributed by atoms with Crippen molar-refractivity contribution in [2.24, 2.45) is 7.05 Å². The molecule has 0 unspecified atom stereocenters. The zero-order valence-corrected chi connectivity index (χ0v) is 11.8. The summed E-state index contributed by atoms with van der Waals surface area (Å²) in [5, 5.41) is 3.34. The number of aromatic nitrogens is 3. The average molecular weight is 290 g/mol. The van der Waals surface area contributed by atoms with Crippen molar-refractivity contribution >= 4 is 41.7 Å². The van der Waals surface area contributed by atoms with Gasteiger partial charge in [-0.15, -0.1) is 24.8 Å². The van der Waals surface area contributed by atoms with E-state index in [1.54, 1.807) is 0 Å². The number of fused-ring (bicyclic) bond motifs is 1. The largest absolute Gasteiger partial charge is 0.352 e. The number of hydrogen-bond acceptors (Lipinski definition) is 4. The van der Waals surface area contributed by atoms with E-state index in [4.69, 9.17) is 0 Å². The number of pyridine rings is 1. The molecule has 2 aromatic heterocycles. The molecule has 1 N–H and O–H groups in total. The Balaban J connectivity index is 0.000000810. The fraction of sp³-hybridized carbons (Fsp3) is 0.455. The summed E-state index contributed by atoms with van der Waals surface area (Å²) in [6.45, 7) is 4.04. The molecule has 0 aromatic carbocycles. The molecule has 18 heavy (non-hydrogen) atoms. The van der Waals surface area contributed by atoms with Crippen molar-refractivity contribution in [2.75, 3.05) is 31.1 Å². The second-order valence-electron chi connectivity index (χ2n) is 4.09. The van der Waals surface area contributed by atoms with Gasteiger partial charge in [-0.25, -0.2) is 9.97 Å². The van der Waals surface area contributed by atoms with Crippen LogP contribution in [0.4, 0.5) is 5.82 Å². The van der Waals surface area contributed by atoms with Gasteiger partial charge in [0.25, 0.3) is 0 Å². The highest BCUT2D eigenvalue weighted by Crippen LogP contribution is 2.22. The Bertz CT molecular complexity index is 507. The Morgan fingerprint density at radius 3 is 2.61 bits per heavy atom. The number of nitrogens with zero attached hydrogens (tertiary/aromatic N) is 4. The Kier molecular flexibility index (Phi) is 5.19. The van der Waals surface area contributed by atoms with Crippen molar-refractivity contribution in [1.29, 1.82) is 0 Å². The van der Waals surface area contributed by atoms with E-state index < -0.39 is 0 Å². The maximum atomic E-state index is 4.47. The Morgan fingerprint density at radius 1 is 1.17 bits per heavy atom. The molecule has 1 aliphatic rings. The van der Waals surface area contributed by atoms with Crippen LogP contribution in [-0.2, 0) is 7.05 Å². The van der Waals surface area contributed by atoms with Crippen molar-refractivity contribution in [3.63, 3.8) is 0 Å². The third-order valence-corrected chi connectivity index (χ3v) is 3.04. The molecule has 0 atom stereocenters. The van der Waals surface area contributed by atoms with Crippen molar-refractivity contribution in [3.05, 3.63) is 18.6 Å². The number of rotatable bonds is 1. The molecule has 7 heteroatoms. The summed E-state index contributed by atoms with van der Waals surface area (Å²) in [6, 6.07) is 2.01. The quantitative estimate of drug-likeness (QED) is 0.858. The lowest BCUT2D eigenvalue weighted by molar-refractivity contribution is 0.586. The van der Waals surface area contributed by atoms with Gasteiger partial charge in [-0.1, -0.05) is 0 Å². The summed E-state index contributed by atoms with van der Waals surface area (Å²) in [4.78, 5) is 11.2. The van der Waals surface area contributed by atoms with E-state index >= 15 is 0 Å². The van der Waals surface area contributed by atoms with Gasteiger partial charge in [0, 0.05) is 39.4 Å². The third kappa shape index (κ3) is 2.53. The number of hydrogen-bond donors (Lipinski definition) is 1. The lowest BCUT2D eigenvalue weighted by Gasteiger charge is -2.28. The molecule has 100 valence electrons. The van der Waals surface area contributed by atoms with Crippen LogP contribution >= 0.6 is 24.8 Å². The second kappa shape index (κ2) is 6.22. The van der Waals surface area contributed by atoms with Crippen molar-refractivity contribution in [1.82, 2.24) is 19.9 Å². The van der Waals surface area contributed by atoms with E-state index in [-0.39, 0.29) is 24.8 Å². The number of halogens is 2. The van der Waals surface area contributed by atoms with Gasteiger partial charge in [-0.2, -0.15) is 0 Å². The molecule has 0 aliphatic carbocycles. The highest BCUT2D eigenvalue weighted by atomic mass is 35.5. The van der Waals surface area contributed by atoms with Crippen LogP contribution in [0.3, 0.4) is 0 Å². The number of anilines is 1. The number of nitrogens with one attached hydrogen (secondary N) is 1. The maximum absolute atomic E-state index is 4.47. The summed E-state index contributed by atoms with van der Waals surface area (Å²) in [7, 11) is 2.01. The van der Waals surface area contributed by atoms with Gasteiger partial charge in [0.1, 0.15) is 5.52 Å². The molecular weight excluding hydrogens is 273 g/mol. The molecule has 0 radical (unpaired) electrons. The maximum Gasteiger partial charge on any atom is 0.156 e.